The van der Waals surface area contributed by atoms with Crippen LogP contribution in [0.3, 0.4) is 0 Å². The molecule has 2 N–H and O–H groups in total. The van der Waals surface area contributed by atoms with Gasteiger partial charge in [0, 0.05) is 12.2 Å². The van der Waals surface area contributed by atoms with Gasteiger partial charge in [-0.2, -0.15) is 0 Å². The summed E-state index contributed by atoms with van der Waals surface area (Å²) in [4.78, 5) is 12.3. The zero-order valence-corrected chi connectivity index (χ0v) is 15.2. The number of carbonyl (C=O) groups excluding carboxylic acids is 1. The molecule has 0 spiro atoms. The molecule has 0 aliphatic rings. The predicted molar refractivity (Wildman–Crippen MR) is 104 cm³/mol. The molecule has 1 amide bonds. The van der Waals surface area contributed by atoms with Gasteiger partial charge in [-0.3, -0.25) is 4.79 Å². The summed E-state index contributed by atoms with van der Waals surface area (Å²) in [7, 11) is 0. The summed E-state index contributed by atoms with van der Waals surface area (Å²) in [6.45, 7) is 6.57. The van der Waals surface area contributed by atoms with Crippen molar-refractivity contribution in [3.05, 3.63) is 82.5 Å². The van der Waals surface area contributed by atoms with Crippen molar-refractivity contribution in [3.8, 4) is 0 Å². The SMILES string of the molecule is Cc1ccccc1CNC(=O)c1ccc(Nc2c(C)cccc2C)nn1. The molecule has 0 saturated heterocycles. The average Bonchev–Trinajstić information content (AvgIpc) is 2.64. The Kier molecular flexibility index (Phi) is 5.27. The number of hydrogen-bond acceptors (Lipinski definition) is 4. The number of anilines is 2. The molecule has 2 aromatic carbocycles. The number of aromatic nitrogens is 2. The van der Waals surface area contributed by atoms with E-state index in [1.165, 1.54) is 0 Å². The molecule has 0 aliphatic carbocycles. The molecule has 5 nitrogen and oxygen atoms in total. The second-order valence-corrected chi connectivity index (χ2v) is 6.30. The first-order chi connectivity index (χ1) is 12.5. The van der Waals surface area contributed by atoms with Crippen molar-refractivity contribution in [3.63, 3.8) is 0 Å². The van der Waals surface area contributed by atoms with Crippen molar-refractivity contribution in [2.75, 3.05) is 5.32 Å². The summed E-state index contributed by atoms with van der Waals surface area (Å²) in [6.07, 6.45) is 0. The van der Waals surface area contributed by atoms with Crippen LogP contribution in [0.1, 0.15) is 32.7 Å². The van der Waals surface area contributed by atoms with Crippen LogP contribution in [0.2, 0.25) is 0 Å². The monoisotopic (exact) mass is 346 g/mol. The molecule has 0 fully saturated rings. The molecule has 5 heteroatoms. The highest BCUT2D eigenvalue weighted by Gasteiger charge is 2.10. The fourth-order valence-corrected chi connectivity index (χ4v) is 2.73. The van der Waals surface area contributed by atoms with E-state index in [4.69, 9.17) is 0 Å². The van der Waals surface area contributed by atoms with E-state index in [0.717, 1.165) is 27.9 Å². The third-order valence-electron chi connectivity index (χ3n) is 4.33. The Balaban J connectivity index is 1.65. The fraction of sp³-hybridized carbons (Fsp3) is 0.190. The Hall–Kier alpha value is -3.21. The van der Waals surface area contributed by atoms with Gasteiger partial charge in [0.05, 0.1) is 0 Å². The zero-order valence-electron chi connectivity index (χ0n) is 15.2. The van der Waals surface area contributed by atoms with Gasteiger partial charge in [0.25, 0.3) is 5.91 Å². The van der Waals surface area contributed by atoms with Crippen LogP contribution in [0.25, 0.3) is 0 Å². The maximum Gasteiger partial charge on any atom is 0.272 e. The van der Waals surface area contributed by atoms with Crippen LogP contribution in [-0.2, 0) is 6.54 Å². The standard InChI is InChI=1S/C21H22N4O/c1-14-7-4-5-10-17(14)13-22-21(26)18-11-12-19(25-24-18)23-20-15(2)8-6-9-16(20)3/h4-12H,13H2,1-3H3,(H,22,26)(H,23,25). The lowest BCUT2D eigenvalue weighted by molar-refractivity contribution is 0.0945. The minimum Gasteiger partial charge on any atom is -0.347 e. The minimum absolute atomic E-state index is 0.237. The van der Waals surface area contributed by atoms with Gasteiger partial charge in [-0.15, -0.1) is 10.2 Å². The Morgan fingerprint density at radius 2 is 1.54 bits per heavy atom. The maximum atomic E-state index is 12.3. The zero-order chi connectivity index (χ0) is 18.5. The Morgan fingerprint density at radius 1 is 0.846 bits per heavy atom. The van der Waals surface area contributed by atoms with Crippen molar-refractivity contribution in [2.24, 2.45) is 0 Å². The highest BCUT2D eigenvalue weighted by molar-refractivity contribution is 5.92. The number of amides is 1. The van der Waals surface area contributed by atoms with Gasteiger partial charge in [0.1, 0.15) is 0 Å². The summed E-state index contributed by atoms with van der Waals surface area (Å²) < 4.78 is 0. The molecular weight excluding hydrogens is 324 g/mol. The number of rotatable bonds is 5. The van der Waals surface area contributed by atoms with Crippen molar-refractivity contribution in [1.82, 2.24) is 15.5 Å². The first-order valence-corrected chi connectivity index (χ1v) is 8.54. The van der Waals surface area contributed by atoms with Gasteiger partial charge < -0.3 is 10.6 Å². The smallest absolute Gasteiger partial charge is 0.272 e. The first kappa shape index (κ1) is 17.6. The minimum atomic E-state index is -0.237. The lowest BCUT2D eigenvalue weighted by atomic mass is 10.1. The lowest BCUT2D eigenvalue weighted by Crippen LogP contribution is -2.24. The van der Waals surface area contributed by atoms with Gasteiger partial charge in [0.15, 0.2) is 11.5 Å². The third kappa shape index (κ3) is 4.06. The quantitative estimate of drug-likeness (QED) is 0.731. The van der Waals surface area contributed by atoms with E-state index >= 15 is 0 Å². The van der Waals surface area contributed by atoms with E-state index in [2.05, 4.69) is 20.8 Å². The van der Waals surface area contributed by atoms with Gasteiger partial charge in [-0.25, -0.2) is 0 Å². The summed E-state index contributed by atoms with van der Waals surface area (Å²) in [6, 6.07) is 17.5. The van der Waals surface area contributed by atoms with E-state index in [9.17, 15) is 4.79 Å². The van der Waals surface area contributed by atoms with Crippen LogP contribution in [0.5, 0.6) is 0 Å². The summed E-state index contributed by atoms with van der Waals surface area (Å²) >= 11 is 0. The van der Waals surface area contributed by atoms with Crippen molar-refractivity contribution in [1.29, 1.82) is 0 Å². The van der Waals surface area contributed by atoms with Crippen LogP contribution < -0.4 is 10.6 Å². The van der Waals surface area contributed by atoms with Gasteiger partial charge in [0.2, 0.25) is 0 Å². The molecule has 0 atom stereocenters. The Morgan fingerprint density at radius 3 is 2.19 bits per heavy atom. The third-order valence-corrected chi connectivity index (χ3v) is 4.33. The van der Waals surface area contributed by atoms with E-state index in [-0.39, 0.29) is 5.91 Å². The average molecular weight is 346 g/mol. The van der Waals surface area contributed by atoms with E-state index in [1.54, 1.807) is 12.1 Å². The van der Waals surface area contributed by atoms with Crippen molar-refractivity contribution >= 4 is 17.4 Å². The molecule has 0 radical (unpaired) electrons. The molecule has 3 aromatic rings. The van der Waals surface area contributed by atoms with E-state index in [1.807, 2.05) is 63.2 Å². The van der Waals surface area contributed by atoms with Gasteiger partial charge in [-0.1, -0.05) is 42.5 Å². The largest absolute Gasteiger partial charge is 0.347 e. The first-order valence-electron chi connectivity index (χ1n) is 8.54. The summed E-state index contributed by atoms with van der Waals surface area (Å²) in [5.74, 6) is 0.372. The topological polar surface area (TPSA) is 66.9 Å². The van der Waals surface area contributed by atoms with Crippen LogP contribution in [0.15, 0.2) is 54.6 Å². The van der Waals surface area contributed by atoms with Crippen LogP contribution in [-0.4, -0.2) is 16.1 Å². The number of nitrogens with one attached hydrogen (secondary N) is 2. The second-order valence-electron chi connectivity index (χ2n) is 6.30. The van der Waals surface area contributed by atoms with E-state index < -0.39 is 0 Å². The summed E-state index contributed by atoms with van der Waals surface area (Å²) in [5.41, 5.74) is 5.80. The molecule has 0 saturated carbocycles. The van der Waals surface area contributed by atoms with E-state index in [0.29, 0.717) is 18.1 Å². The van der Waals surface area contributed by atoms with Crippen molar-refractivity contribution < 1.29 is 4.79 Å². The van der Waals surface area contributed by atoms with Crippen LogP contribution in [0, 0.1) is 20.8 Å². The van der Waals surface area contributed by atoms with Crippen LogP contribution in [0.4, 0.5) is 11.5 Å². The number of carbonyl (C=O) groups is 1. The number of para-hydroxylation sites is 1. The Bertz CT molecular complexity index is 899. The molecule has 0 bridgehead atoms. The number of benzene rings is 2. The molecule has 26 heavy (non-hydrogen) atoms. The summed E-state index contributed by atoms with van der Waals surface area (Å²) in [5, 5.41) is 14.3. The fourth-order valence-electron chi connectivity index (χ4n) is 2.73. The van der Waals surface area contributed by atoms with Crippen molar-refractivity contribution in [2.45, 2.75) is 27.3 Å². The molecule has 1 aromatic heterocycles. The van der Waals surface area contributed by atoms with Crippen LogP contribution >= 0.6 is 0 Å². The molecular formula is C21H22N4O. The number of aryl methyl sites for hydroxylation is 3. The molecule has 0 aliphatic heterocycles. The molecule has 132 valence electrons. The molecule has 3 rings (SSSR count). The van der Waals surface area contributed by atoms with Gasteiger partial charge >= 0.3 is 0 Å². The second kappa shape index (κ2) is 7.78. The molecule has 0 unspecified atom stereocenters. The highest BCUT2D eigenvalue weighted by atomic mass is 16.1. The van der Waals surface area contributed by atoms with Gasteiger partial charge in [-0.05, 0) is 55.2 Å². The normalized spacial score (nSPS) is 10.4. The number of hydrogen-bond donors (Lipinski definition) is 2. The Labute approximate surface area is 153 Å². The predicted octanol–water partition coefficient (Wildman–Crippen LogP) is 4.08. The lowest BCUT2D eigenvalue weighted by Gasteiger charge is -2.11. The number of nitrogens with zero attached hydrogens (tertiary/aromatic N) is 2. The molecule has 1 heterocycles. The highest BCUT2D eigenvalue weighted by Crippen LogP contribution is 2.22. The maximum absolute atomic E-state index is 12.3.